The number of hydrogen-bond acceptors (Lipinski definition) is 7. The number of sulfonamides is 1. The van der Waals surface area contributed by atoms with E-state index in [1.807, 2.05) is 13.8 Å². The van der Waals surface area contributed by atoms with Crippen molar-refractivity contribution in [2.75, 3.05) is 31.8 Å². The van der Waals surface area contributed by atoms with Gasteiger partial charge in [0.2, 0.25) is 16.8 Å². The molecule has 0 aromatic heterocycles. The minimum atomic E-state index is -3.64. The van der Waals surface area contributed by atoms with E-state index in [9.17, 15) is 18.0 Å². The van der Waals surface area contributed by atoms with E-state index >= 15 is 0 Å². The Balaban J connectivity index is 1.33. The molecule has 0 aliphatic carbocycles. The van der Waals surface area contributed by atoms with Crippen molar-refractivity contribution in [1.29, 1.82) is 0 Å². The fraction of sp³-hybridized carbons (Fsp3) is 0.391. The van der Waals surface area contributed by atoms with Crippen LogP contribution in [-0.4, -0.2) is 51.1 Å². The lowest BCUT2D eigenvalue weighted by Gasteiger charge is -2.34. The summed E-state index contributed by atoms with van der Waals surface area (Å²) in [6, 6.07) is 10.5. The summed E-state index contributed by atoms with van der Waals surface area (Å²) in [6.07, 6.45) is 0.999. The van der Waals surface area contributed by atoms with Gasteiger partial charge < -0.3 is 19.5 Å². The minimum Gasteiger partial charge on any atom is -0.454 e. The molecule has 1 fully saturated rings. The van der Waals surface area contributed by atoms with Gasteiger partial charge in [-0.1, -0.05) is 13.8 Å². The number of anilines is 1. The van der Waals surface area contributed by atoms with E-state index in [-0.39, 0.29) is 17.3 Å². The number of nitrogens with zero attached hydrogens (tertiary/aromatic N) is 1. The van der Waals surface area contributed by atoms with Gasteiger partial charge in [0.15, 0.2) is 18.1 Å². The summed E-state index contributed by atoms with van der Waals surface area (Å²) in [7, 11) is -3.64. The maximum atomic E-state index is 13.0. The topological polar surface area (TPSA) is 111 Å². The number of hydrogen-bond donors (Lipinski definition) is 1. The van der Waals surface area contributed by atoms with Gasteiger partial charge in [-0.2, -0.15) is 4.31 Å². The fourth-order valence-electron chi connectivity index (χ4n) is 4.10. The van der Waals surface area contributed by atoms with Crippen molar-refractivity contribution in [3.63, 3.8) is 0 Å². The predicted octanol–water partition coefficient (Wildman–Crippen LogP) is 2.88. The lowest BCUT2D eigenvalue weighted by atomic mass is 9.94. The third-order valence-corrected chi connectivity index (χ3v) is 7.40. The minimum absolute atomic E-state index is 0.126. The first-order valence-corrected chi connectivity index (χ1v) is 12.1. The summed E-state index contributed by atoms with van der Waals surface area (Å²) in [5.41, 5.74) is 0.640. The molecule has 2 aromatic rings. The van der Waals surface area contributed by atoms with E-state index in [1.165, 1.54) is 28.6 Å². The maximum Gasteiger partial charge on any atom is 0.338 e. The average molecular weight is 475 g/mol. The van der Waals surface area contributed by atoms with E-state index in [0.717, 1.165) is 6.42 Å². The Kier molecular flexibility index (Phi) is 6.57. The van der Waals surface area contributed by atoms with Crippen LogP contribution in [0.5, 0.6) is 11.5 Å². The molecule has 0 bridgehead atoms. The predicted molar refractivity (Wildman–Crippen MR) is 120 cm³/mol. The summed E-state index contributed by atoms with van der Waals surface area (Å²) >= 11 is 0. The Hall–Kier alpha value is -3.11. The van der Waals surface area contributed by atoms with Crippen LogP contribution < -0.4 is 14.8 Å². The first kappa shape index (κ1) is 23.1. The van der Waals surface area contributed by atoms with Crippen molar-refractivity contribution in [2.24, 2.45) is 11.8 Å². The third-order valence-electron chi connectivity index (χ3n) is 5.55. The van der Waals surface area contributed by atoms with Crippen molar-refractivity contribution in [3.05, 3.63) is 48.0 Å². The van der Waals surface area contributed by atoms with Crippen LogP contribution in [0.15, 0.2) is 47.4 Å². The van der Waals surface area contributed by atoms with Gasteiger partial charge in [0.25, 0.3) is 5.91 Å². The fourth-order valence-corrected chi connectivity index (χ4v) is 5.78. The van der Waals surface area contributed by atoms with Crippen LogP contribution in [0.2, 0.25) is 0 Å². The summed E-state index contributed by atoms with van der Waals surface area (Å²) in [6.45, 7) is 4.68. The van der Waals surface area contributed by atoms with E-state index in [1.54, 1.807) is 18.2 Å². The third kappa shape index (κ3) is 5.28. The second kappa shape index (κ2) is 9.40. The SMILES string of the molecule is CC1CC(C)CN(S(=O)(=O)c2ccc(C(=O)OCC(=O)Nc3ccc4c(c3)OCO4)cc2)C1. The molecule has 2 aliphatic rings. The zero-order chi connectivity index (χ0) is 23.6. The van der Waals surface area contributed by atoms with Crippen LogP contribution >= 0.6 is 0 Å². The molecule has 0 saturated carbocycles. The molecule has 2 heterocycles. The molecule has 1 amide bonds. The van der Waals surface area contributed by atoms with Crippen LogP contribution in [0.25, 0.3) is 0 Å². The highest BCUT2D eigenvalue weighted by molar-refractivity contribution is 7.89. The largest absolute Gasteiger partial charge is 0.454 e. The molecule has 2 unspecified atom stereocenters. The first-order valence-electron chi connectivity index (χ1n) is 10.7. The Morgan fingerprint density at radius 1 is 1.03 bits per heavy atom. The highest BCUT2D eigenvalue weighted by Gasteiger charge is 2.31. The monoisotopic (exact) mass is 474 g/mol. The highest BCUT2D eigenvalue weighted by atomic mass is 32.2. The van der Waals surface area contributed by atoms with Crippen molar-refractivity contribution >= 4 is 27.6 Å². The van der Waals surface area contributed by atoms with Gasteiger partial charge in [-0.25, -0.2) is 13.2 Å². The van der Waals surface area contributed by atoms with E-state index < -0.39 is 28.5 Å². The van der Waals surface area contributed by atoms with E-state index in [0.29, 0.717) is 42.1 Å². The second-order valence-electron chi connectivity index (χ2n) is 8.48. The van der Waals surface area contributed by atoms with Gasteiger partial charge in [0, 0.05) is 24.8 Å². The normalized spacial score (nSPS) is 20.3. The molecule has 1 saturated heterocycles. The number of esters is 1. The molecule has 0 spiro atoms. The summed E-state index contributed by atoms with van der Waals surface area (Å²) in [5.74, 6) is 0.459. The molecule has 2 aromatic carbocycles. The van der Waals surface area contributed by atoms with Gasteiger partial charge in [0.1, 0.15) is 0 Å². The van der Waals surface area contributed by atoms with Crippen LogP contribution in [0, 0.1) is 11.8 Å². The molecule has 10 heteroatoms. The summed E-state index contributed by atoms with van der Waals surface area (Å²) < 4.78 is 42.9. The van der Waals surface area contributed by atoms with Crippen molar-refractivity contribution in [1.82, 2.24) is 4.31 Å². The van der Waals surface area contributed by atoms with Crippen molar-refractivity contribution < 1.29 is 32.2 Å². The first-order chi connectivity index (χ1) is 15.7. The van der Waals surface area contributed by atoms with Crippen LogP contribution in [-0.2, 0) is 19.6 Å². The molecule has 2 atom stereocenters. The molecular weight excluding hydrogens is 448 g/mol. The average Bonchev–Trinajstić information content (AvgIpc) is 3.25. The number of benzene rings is 2. The highest BCUT2D eigenvalue weighted by Crippen LogP contribution is 2.34. The van der Waals surface area contributed by atoms with Crippen LogP contribution in [0.4, 0.5) is 5.69 Å². The van der Waals surface area contributed by atoms with Gasteiger partial charge >= 0.3 is 5.97 Å². The zero-order valence-electron chi connectivity index (χ0n) is 18.4. The molecule has 9 nitrogen and oxygen atoms in total. The number of carbonyl (C=O) groups excluding carboxylic acids is 2. The molecule has 0 radical (unpaired) electrons. The van der Waals surface area contributed by atoms with Gasteiger partial charge in [0.05, 0.1) is 10.5 Å². The summed E-state index contributed by atoms with van der Waals surface area (Å²) in [5, 5.41) is 2.61. The standard InChI is InChI=1S/C23H26N2O7S/c1-15-9-16(2)12-25(11-15)33(28,29)19-6-3-17(4-7-19)23(27)30-13-22(26)24-18-5-8-20-21(10-18)32-14-31-20/h3-8,10,15-16H,9,11-14H2,1-2H3,(H,24,26). The number of piperidine rings is 1. The Bertz CT molecular complexity index is 1140. The number of nitrogens with one attached hydrogen (secondary N) is 1. The number of carbonyl (C=O) groups is 2. The molecule has 2 aliphatic heterocycles. The van der Waals surface area contributed by atoms with Crippen LogP contribution in [0.3, 0.4) is 0 Å². The number of ether oxygens (including phenoxy) is 3. The second-order valence-corrected chi connectivity index (χ2v) is 10.4. The molecule has 33 heavy (non-hydrogen) atoms. The lowest BCUT2D eigenvalue weighted by Crippen LogP contribution is -2.42. The summed E-state index contributed by atoms with van der Waals surface area (Å²) in [4.78, 5) is 24.5. The van der Waals surface area contributed by atoms with Crippen molar-refractivity contribution in [2.45, 2.75) is 25.2 Å². The smallest absolute Gasteiger partial charge is 0.338 e. The number of amides is 1. The van der Waals surface area contributed by atoms with Gasteiger partial charge in [-0.05, 0) is 54.7 Å². The van der Waals surface area contributed by atoms with Gasteiger partial charge in [-0.3, -0.25) is 4.79 Å². The van der Waals surface area contributed by atoms with E-state index in [4.69, 9.17) is 14.2 Å². The Morgan fingerprint density at radius 3 is 2.39 bits per heavy atom. The molecule has 176 valence electrons. The van der Waals surface area contributed by atoms with Crippen LogP contribution in [0.1, 0.15) is 30.6 Å². The molecule has 4 rings (SSSR count). The molecular formula is C23H26N2O7S. The van der Waals surface area contributed by atoms with Crippen molar-refractivity contribution in [3.8, 4) is 11.5 Å². The Labute approximate surface area is 192 Å². The number of fused-ring (bicyclic) bond motifs is 1. The lowest BCUT2D eigenvalue weighted by molar-refractivity contribution is -0.119. The van der Waals surface area contributed by atoms with E-state index in [2.05, 4.69) is 5.32 Å². The maximum absolute atomic E-state index is 13.0. The quantitative estimate of drug-likeness (QED) is 0.641. The Morgan fingerprint density at radius 2 is 1.70 bits per heavy atom. The zero-order valence-corrected chi connectivity index (χ0v) is 19.3. The molecule has 1 N–H and O–H groups in total. The number of rotatable bonds is 6. The van der Waals surface area contributed by atoms with Gasteiger partial charge in [-0.15, -0.1) is 0 Å².